The standard InChI is InChI=1S/C20H21N5O3S2/c1-24(14-5-3-2-4-6-14)16(26)11-29-20-19-18(21-12-22-20)17(23-30-19)13-7-9-15(10-8-13)25(27)28/h7-10,12,14H,2-6,11H2,1H3. The van der Waals surface area contributed by atoms with Crippen LogP contribution in [0.25, 0.3) is 21.5 Å². The predicted molar refractivity (Wildman–Crippen MR) is 118 cm³/mol. The number of non-ortho nitro benzene ring substituents is 1. The lowest BCUT2D eigenvalue weighted by molar-refractivity contribution is -0.384. The topological polar surface area (TPSA) is 102 Å². The zero-order valence-corrected chi connectivity index (χ0v) is 18.1. The number of nitrogens with zero attached hydrogens (tertiary/aromatic N) is 5. The molecule has 30 heavy (non-hydrogen) atoms. The van der Waals surface area contributed by atoms with Crippen molar-refractivity contribution in [2.24, 2.45) is 0 Å². The number of amides is 1. The Labute approximate surface area is 182 Å². The lowest BCUT2D eigenvalue weighted by Gasteiger charge is -2.31. The van der Waals surface area contributed by atoms with Gasteiger partial charge in [0.15, 0.2) is 0 Å². The molecule has 0 N–H and O–H groups in total. The van der Waals surface area contributed by atoms with Crippen molar-refractivity contribution in [3.8, 4) is 11.3 Å². The Kier molecular flexibility index (Phi) is 6.24. The summed E-state index contributed by atoms with van der Waals surface area (Å²) >= 11 is 2.68. The monoisotopic (exact) mass is 443 g/mol. The maximum Gasteiger partial charge on any atom is 0.269 e. The second-order valence-corrected chi connectivity index (χ2v) is 9.01. The maximum atomic E-state index is 12.7. The van der Waals surface area contributed by atoms with Crippen molar-refractivity contribution < 1.29 is 9.72 Å². The Morgan fingerprint density at radius 1 is 1.23 bits per heavy atom. The molecule has 10 heteroatoms. The van der Waals surface area contributed by atoms with Gasteiger partial charge in [-0.2, -0.15) is 4.37 Å². The summed E-state index contributed by atoms with van der Waals surface area (Å²) in [6.07, 6.45) is 7.27. The van der Waals surface area contributed by atoms with Gasteiger partial charge in [-0.15, -0.1) is 0 Å². The van der Waals surface area contributed by atoms with Crippen LogP contribution in [0.1, 0.15) is 32.1 Å². The third kappa shape index (κ3) is 4.29. The van der Waals surface area contributed by atoms with E-state index in [4.69, 9.17) is 0 Å². The average molecular weight is 444 g/mol. The van der Waals surface area contributed by atoms with Gasteiger partial charge in [-0.05, 0) is 36.5 Å². The first-order valence-electron chi connectivity index (χ1n) is 9.78. The molecule has 4 rings (SSSR count). The lowest BCUT2D eigenvalue weighted by atomic mass is 9.94. The van der Waals surface area contributed by atoms with Crippen molar-refractivity contribution in [2.45, 2.75) is 43.2 Å². The van der Waals surface area contributed by atoms with E-state index in [9.17, 15) is 14.9 Å². The number of nitro benzene ring substituents is 1. The molecule has 1 aromatic carbocycles. The second kappa shape index (κ2) is 9.05. The molecule has 2 heterocycles. The Morgan fingerprint density at radius 2 is 1.97 bits per heavy atom. The summed E-state index contributed by atoms with van der Waals surface area (Å²) in [5.74, 6) is 0.433. The molecule has 1 aliphatic rings. The molecule has 8 nitrogen and oxygen atoms in total. The molecule has 1 saturated carbocycles. The Morgan fingerprint density at radius 3 is 2.67 bits per heavy atom. The molecule has 1 amide bonds. The van der Waals surface area contributed by atoms with Crippen LogP contribution in [0.3, 0.4) is 0 Å². The number of benzene rings is 1. The number of fused-ring (bicyclic) bond motifs is 1. The summed E-state index contributed by atoms with van der Waals surface area (Å²) in [4.78, 5) is 33.7. The van der Waals surface area contributed by atoms with Gasteiger partial charge in [-0.3, -0.25) is 14.9 Å². The van der Waals surface area contributed by atoms with Gasteiger partial charge >= 0.3 is 0 Å². The van der Waals surface area contributed by atoms with Crippen LogP contribution in [0, 0.1) is 10.1 Å². The van der Waals surface area contributed by atoms with Crippen LogP contribution in [0.5, 0.6) is 0 Å². The number of hydrogen-bond donors (Lipinski definition) is 0. The van der Waals surface area contributed by atoms with E-state index in [0.29, 0.717) is 23.0 Å². The first-order valence-corrected chi connectivity index (χ1v) is 11.5. The molecule has 3 aromatic rings. The number of carbonyl (C=O) groups excluding carboxylic acids is 1. The van der Waals surface area contributed by atoms with Gasteiger partial charge in [-0.25, -0.2) is 9.97 Å². The van der Waals surface area contributed by atoms with Crippen molar-refractivity contribution >= 4 is 45.1 Å². The molecule has 0 saturated heterocycles. The number of hydrogen-bond acceptors (Lipinski definition) is 8. The summed E-state index contributed by atoms with van der Waals surface area (Å²) in [6, 6.07) is 6.59. The van der Waals surface area contributed by atoms with Crippen molar-refractivity contribution in [1.82, 2.24) is 19.2 Å². The zero-order valence-electron chi connectivity index (χ0n) is 16.5. The number of carbonyl (C=O) groups is 1. The smallest absolute Gasteiger partial charge is 0.269 e. The summed E-state index contributed by atoms with van der Waals surface area (Å²) in [5.41, 5.74) is 2.15. The van der Waals surface area contributed by atoms with Crippen LogP contribution in [-0.4, -0.2) is 48.9 Å². The number of rotatable bonds is 6. The SMILES string of the molecule is CN(C(=O)CSc1ncnc2c(-c3ccc([N+](=O)[O-])cc3)nsc12)C1CCCCC1. The van der Waals surface area contributed by atoms with Crippen molar-refractivity contribution in [2.75, 3.05) is 12.8 Å². The van der Waals surface area contributed by atoms with Gasteiger partial charge in [0, 0.05) is 30.8 Å². The van der Waals surface area contributed by atoms with Gasteiger partial charge in [0.05, 0.1) is 10.7 Å². The summed E-state index contributed by atoms with van der Waals surface area (Å²) in [5, 5.41) is 11.6. The molecular formula is C20H21N5O3S2. The Balaban J connectivity index is 1.50. The van der Waals surface area contributed by atoms with Gasteiger partial charge in [0.2, 0.25) is 5.91 Å². The molecule has 2 aromatic heterocycles. The Hall–Kier alpha value is -2.59. The minimum absolute atomic E-state index is 0.0322. The predicted octanol–water partition coefficient (Wildman–Crippen LogP) is 4.54. The van der Waals surface area contributed by atoms with Gasteiger partial charge in [0.1, 0.15) is 27.3 Å². The minimum Gasteiger partial charge on any atom is -0.342 e. The van der Waals surface area contributed by atoms with E-state index < -0.39 is 4.92 Å². The fourth-order valence-corrected chi connectivity index (χ4v) is 5.52. The van der Waals surface area contributed by atoms with Crippen LogP contribution in [0.2, 0.25) is 0 Å². The summed E-state index contributed by atoms with van der Waals surface area (Å²) < 4.78 is 5.32. The number of aromatic nitrogens is 3. The lowest BCUT2D eigenvalue weighted by Crippen LogP contribution is -2.39. The first kappa shape index (κ1) is 20.7. The highest BCUT2D eigenvalue weighted by molar-refractivity contribution is 8.00. The first-order chi connectivity index (χ1) is 14.5. The van der Waals surface area contributed by atoms with Crippen molar-refractivity contribution in [3.63, 3.8) is 0 Å². The van der Waals surface area contributed by atoms with Crippen LogP contribution < -0.4 is 0 Å². The molecule has 1 fully saturated rings. The molecule has 0 atom stereocenters. The van der Waals surface area contributed by atoms with Gasteiger partial charge in [0.25, 0.3) is 5.69 Å². The third-order valence-electron chi connectivity index (χ3n) is 5.42. The van der Waals surface area contributed by atoms with Crippen LogP contribution >= 0.6 is 23.3 Å². The fourth-order valence-electron chi connectivity index (χ4n) is 3.68. The molecule has 0 unspecified atom stereocenters. The quantitative estimate of drug-likeness (QED) is 0.238. The summed E-state index contributed by atoms with van der Waals surface area (Å²) in [7, 11) is 1.90. The molecule has 0 radical (unpaired) electrons. The van der Waals surface area contributed by atoms with E-state index in [1.807, 2.05) is 11.9 Å². The van der Waals surface area contributed by atoms with Crippen LogP contribution in [0.4, 0.5) is 5.69 Å². The normalized spacial score (nSPS) is 14.7. The van der Waals surface area contributed by atoms with Gasteiger partial charge in [-0.1, -0.05) is 31.0 Å². The second-order valence-electron chi connectivity index (χ2n) is 7.28. The third-order valence-corrected chi connectivity index (χ3v) is 7.37. The summed E-state index contributed by atoms with van der Waals surface area (Å²) in [6.45, 7) is 0. The van der Waals surface area contributed by atoms with E-state index in [1.54, 1.807) is 12.1 Å². The van der Waals surface area contributed by atoms with Crippen molar-refractivity contribution in [1.29, 1.82) is 0 Å². The molecule has 156 valence electrons. The van der Waals surface area contributed by atoms with E-state index in [1.165, 1.54) is 61.0 Å². The maximum absolute atomic E-state index is 12.7. The van der Waals surface area contributed by atoms with E-state index in [2.05, 4.69) is 14.3 Å². The van der Waals surface area contributed by atoms with E-state index in [0.717, 1.165) is 28.1 Å². The van der Waals surface area contributed by atoms with E-state index >= 15 is 0 Å². The average Bonchev–Trinajstić information content (AvgIpc) is 3.22. The molecular weight excluding hydrogens is 422 g/mol. The molecule has 0 bridgehead atoms. The fraction of sp³-hybridized carbons (Fsp3) is 0.400. The number of thioether (sulfide) groups is 1. The largest absolute Gasteiger partial charge is 0.342 e. The highest BCUT2D eigenvalue weighted by Crippen LogP contribution is 2.35. The molecule has 0 spiro atoms. The van der Waals surface area contributed by atoms with Crippen molar-refractivity contribution in [3.05, 3.63) is 40.7 Å². The highest BCUT2D eigenvalue weighted by Gasteiger charge is 2.23. The minimum atomic E-state index is -0.429. The molecule has 0 aliphatic heterocycles. The zero-order chi connectivity index (χ0) is 21.1. The highest BCUT2D eigenvalue weighted by atomic mass is 32.2. The molecule has 1 aliphatic carbocycles. The van der Waals surface area contributed by atoms with E-state index in [-0.39, 0.29) is 11.6 Å². The van der Waals surface area contributed by atoms with Gasteiger partial charge < -0.3 is 4.90 Å². The van der Waals surface area contributed by atoms with Crippen LogP contribution in [-0.2, 0) is 4.79 Å². The Bertz CT molecular complexity index is 1060. The number of nitro groups is 1. The van der Waals surface area contributed by atoms with Crippen LogP contribution in [0.15, 0.2) is 35.6 Å².